The van der Waals surface area contributed by atoms with Crippen molar-refractivity contribution >= 4 is 17.6 Å². The third-order valence-corrected chi connectivity index (χ3v) is 4.74. The number of piperidine rings is 1. The number of hydrogen-bond acceptors (Lipinski definition) is 8. The number of aromatic nitrogens is 7. The van der Waals surface area contributed by atoms with Crippen LogP contribution < -0.4 is 16.4 Å². The summed E-state index contributed by atoms with van der Waals surface area (Å²) in [5.41, 5.74) is 11.6. The van der Waals surface area contributed by atoms with E-state index < -0.39 is 0 Å². The maximum atomic E-state index is 5.81. The highest BCUT2D eigenvalue weighted by Crippen LogP contribution is 2.29. The van der Waals surface area contributed by atoms with Crippen molar-refractivity contribution in [1.29, 1.82) is 0 Å². The van der Waals surface area contributed by atoms with Crippen LogP contribution in [-0.4, -0.2) is 47.4 Å². The first-order valence-corrected chi connectivity index (χ1v) is 8.59. The molecule has 0 aliphatic carbocycles. The summed E-state index contributed by atoms with van der Waals surface area (Å²) in [7, 11) is 2.02. The molecule has 0 aromatic carbocycles. The number of nitrogens with zero attached hydrogens (tertiary/aromatic N) is 8. The van der Waals surface area contributed by atoms with Crippen LogP contribution in [0.5, 0.6) is 0 Å². The van der Waals surface area contributed by atoms with Crippen LogP contribution >= 0.6 is 0 Å². The van der Waals surface area contributed by atoms with Crippen LogP contribution in [-0.2, 0) is 13.6 Å². The lowest BCUT2D eigenvalue weighted by Gasteiger charge is -2.33. The zero-order valence-electron chi connectivity index (χ0n) is 14.7. The van der Waals surface area contributed by atoms with Crippen LogP contribution in [0, 0.1) is 0 Å². The SMILES string of the molecule is Cn1c(Cn2ccnc2)nnc1[C@@H]1CCCN(c2cc(N)nc(N)n2)C1. The molecule has 4 heterocycles. The summed E-state index contributed by atoms with van der Waals surface area (Å²) in [5.74, 6) is 3.51. The molecule has 0 saturated carbocycles. The lowest BCUT2D eigenvalue weighted by atomic mass is 9.97. The van der Waals surface area contributed by atoms with Gasteiger partial charge in [0.05, 0.1) is 12.9 Å². The average Bonchev–Trinajstić information content (AvgIpc) is 3.25. The smallest absolute Gasteiger partial charge is 0.223 e. The minimum atomic E-state index is 0.198. The summed E-state index contributed by atoms with van der Waals surface area (Å²) in [6.45, 7) is 2.36. The molecule has 0 bridgehead atoms. The van der Waals surface area contributed by atoms with Crippen molar-refractivity contribution in [2.24, 2.45) is 7.05 Å². The highest BCUT2D eigenvalue weighted by atomic mass is 15.3. The van der Waals surface area contributed by atoms with Gasteiger partial charge < -0.3 is 25.5 Å². The first-order chi connectivity index (χ1) is 12.6. The normalized spacial score (nSPS) is 17.6. The van der Waals surface area contributed by atoms with Crippen molar-refractivity contribution in [2.75, 3.05) is 29.5 Å². The zero-order valence-corrected chi connectivity index (χ0v) is 14.7. The second-order valence-electron chi connectivity index (χ2n) is 6.56. The Morgan fingerprint density at radius 3 is 2.88 bits per heavy atom. The molecule has 1 aliphatic rings. The second kappa shape index (κ2) is 6.62. The number of anilines is 3. The number of imidazole rings is 1. The summed E-state index contributed by atoms with van der Waals surface area (Å²) < 4.78 is 4.06. The standard InChI is InChI=1S/C16H22N10/c1-24-14(9-25-6-4-19-10-25)22-23-15(24)11-3-2-5-26(8-11)13-7-12(17)20-16(18)21-13/h4,6-7,10-11H,2-3,5,8-9H2,1H3,(H4,17,18,20,21)/t11-/m1/s1. The lowest BCUT2D eigenvalue weighted by Crippen LogP contribution is -2.36. The monoisotopic (exact) mass is 354 g/mol. The fourth-order valence-electron chi connectivity index (χ4n) is 3.44. The largest absolute Gasteiger partial charge is 0.383 e. The van der Waals surface area contributed by atoms with E-state index in [-0.39, 0.29) is 11.9 Å². The highest BCUT2D eigenvalue weighted by molar-refractivity contribution is 5.50. The number of nitrogens with two attached hydrogens (primary N) is 2. The second-order valence-corrected chi connectivity index (χ2v) is 6.56. The Kier molecular flexibility index (Phi) is 4.15. The van der Waals surface area contributed by atoms with E-state index in [9.17, 15) is 0 Å². The van der Waals surface area contributed by atoms with Gasteiger partial charge in [-0.05, 0) is 12.8 Å². The van der Waals surface area contributed by atoms with Gasteiger partial charge in [0.15, 0.2) is 5.82 Å². The van der Waals surface area contributed by atoms with Crippen LogP contribution in [0.15, 0.2) is 24.8 Å². The Morgan fingerprint density at radius 2 is 2.12 bits per heavy atom. The topological polar surface area (TPSA) is 130 Å². The van der Waals surface area contributed by atoms with Gasteiger partial charge in [-0.25, -0.2) is 4.98 Å². The molecule has 136 valence electrons. The fraction of sp³-hybridized carbons (Fsp3) is 0.438. The summed E-state index contributed by atoms with van der Waals surface area (Å²) in [6.07, 6.45) is 7.55. The van der Waals surface area contributed by atoms with E-state index in [1.165, 1.54) is 0 Å². The van der Waals surface area contributed by atoms with Crippen molar-refractivity contribution in [3.8, 4) is 0 Å². The van der Waals surface area contributed by atoms with Crippen LogP contribution in [0.25, 0.3) is 0 Å². The van der Waals surface area contributed by atoms with Crippen LogP contribution in [0.4, 0.5) is 17.6 Å². The summed E-state index contributed by atoms with van der Waals surface area (Å²) in [6, 6.07) is 1.76. The van der Waals surface area contributed by atoms with Crippen molar-refractivity contribution in [2.45, 2.75) is 25.3 Å². The molecule has 10 heteroatoms. The molecule has 3 aromatic heterocycles. The van der Waals surface area contributed by atoms with Gasteiger partial charge in [0, 0.05) is 44.5 Å². The molecule has 0 unspecified atom stereocenters. The van der Waals surface area contributed by atoms with Crippen LogP contribution in [0.1, 0.15) is 30.4 Å². The predicted molar refractivity (Wildman–Crippen MR) is 97.4 cm³/mol. The van der Waals surface area contributed by atoms with Gasteiger partial charge in [0.25, 0.3) is 0 Å². The van der Waals surface area contributed by atoms with E-state index in [0.717, 1.165) is 43.4 Å². The molecule has 0 spiro atoms. The van der Waals surface area contributed by atoms with Crippen molar-refractivity contribution in [1.82, 2.24) is 34.3 Å². The number of nitrogen functional groups attached to an aromatic ring is 2. The summed E-state index contributed by atoms with van der Waals surface area (Å²) >= 11 is 0. The van der Waals surface area contributed by atoms with Crippen molar-refractivity contribution in [3.63, 3.8) is 0 Å². The van der Waals surface area contributed by atoms with Crippen molar-refractivity contribution in [3.05, 3.63) is 36.4 Å². The van der Waals surface area contributed by atoms with Crippen LogP contribution in [0.2, 0.25) is 0 Å². The van der Waals surface area contributed by atoms with Gasteiger partial charge in [-0.1, -0.05) is 0 Å². The predicted octanol–water partition coefficient (Wildman–Crippen LogP) is 0.398. The molecule has 3 aromatic rings. The molecular weight excluding hydrogens is 332 g/mol. The molecule has 0 radical (unpaired) electrons. The van der Waals surface area contributed by atoms with E-state index in [1.54, 1.807) is 18.6 Å². The first kappa shape index (κ1) is 16.3. The third-order valence-electron chi connectivity index (χ3n) is 4.74. The average molecular weight is 354 g/mol. The van der Waals surface area contributed by atoms with E-state index >= 15 is 0 Å². The lowest BCUT2D eigenvalue weighted by molar-refractivity contribution is 0.476. The molecule has 4 N–H and O–H groups in total. The van der Waals surface area contributed by atoms with Gasteiger partial charge in [0.1, 0.15) is 17.5 Å². The Bertz CT molecular complexity index is 864. The molecule has 1 aliphatic heterocycles. The zero-order chi connectivity index (χ0) is 18.1. The number of rotatable bonds is 4. The Hall–Kier alpha value is -3.17. The van der Waals surface area contributed by atoms with Crippen LogP contribution in [0.3, 0.4) is 0 Å². The Morgan fingerprint density at radius 1 is 1.23 bits per heavy atom. The quantitative estimate of drug-likeness (QED) is 0.688. The fourth-order valence-corrected chi connectivity index (χ4v) is 3.44. The van der Waals surface area contributed by atoms with Crippen molar-refractivity contribution < 1.29 is 0 Å². The molecule has 4 rings (SSSR count). The molecule has 0 amide bonds. The van der Waals surface area contributed by atoms with E-state index in [4.69, 9.17) is 11.5 Å². The number of hydrogen-bond donors (Lipinski definition) is 2. The third kappa shape index (κ3) is 3.17. The van der Waals surface area contributed by atoms with Gasteiger partial charge in [-0.3, -0.25) is 0 Å². The summed E-state index contributed by atoms with van der Waals surface area (Å²) in [5, 5.41) is 8.83. The van der Waals surface area contributed by atoms with Gasteiger partial charge in [0.2, 0.25) is 5.95 Å². The molecule has 26 heavy (non-hydrogen) atoms. The molecular formula is C16H22N10. The maximum absolute atomic E-state index is 5.81. The van der Waals surface area contributed by atoms with Gasteiger partial charge in [-0.15, -0.1) is 10.2 Å². The Labute approximate surface area is 150 Å². The highest BCUT2D eigenvalue weighted by Gasteiger charge is 2.27. The summed E-state index contributed by atoms with van der Waals surface area (Å²) in [4.78, 5) is 14.5. The maximum Gasteiger partial charge on any atom is 0.223 e. The molecule has 1 fully saturated rings. The minimum absolute atomic E-state index is 0.198. The van der Waals surface area contributed by atoms with E-state index in [2.05, 4.69) is 34.6 Å². The molecule has 10 nitrogen and oxygen atoms in total. The Balaban J connectivity index is 1.53. The van der Waals surface area contributed by atoms with E-state index in [0.29, 0.717) is 12.4 Å². The van der Waals surface area contributed by atoms with Gasteiger partial charge in [-0.2, -0.15) is 9.97 Å². The molecule has 1 saturated heterocycles. The minimum Gasteiger partial charge on any atom is -0.383 e. The van der Waals surface area contributed by atoms with Gasteiger partial charge >= 0.3 is 0 Å². The van der Waals surface area contributed by atoms with E-state index in [1.807, 2.05) is 17.8 Å². The molecule has 1 atom stereocenters. The first-order valence-electron chi connectivity index (χ1n) is 8.59.